The molecule has 0 bridgehead atoms. The third-order valence-corrected chi connectivity index (χ3v) is 3.13. The van der Waals surface area contributed by atoms with Gasteiger partial charge in [0.05, 0.1) is 11.9 Å². The first-order valence-corrected chi connectivity index (χ1v) is 5.52. The number of ether oxygens (including phenoxy) is 1. The topological polar surface area (TPSA) is 67.0 Å². The summed E-state index contributed by atoms with van der Waals surface area (Å²) in [4.78, 5) is 11.0. The number of methoxy groups -OCH3 is 1. The van der Waals surface area contributed by atoms with Crippen molar-refractivity contribution in [3.63, 3.8) is 0 Å². The normalized spacial score (nSPS) is 17.1. The van der Waals surface area contributed by atoms with E-state index in [0.29, 0.717) is 5.41 Å². The molecular weight excluding hydrogens is 206 g/mol. The second kappa shape index (κ2) is 4.65. The van der Waals surface area contributed by atoms with Crippen molar-refractivity contribution in [3.05, 3.63) is 22.6 Å². The first-order chi connectivity index (χ1) is 7.74. The molecule has 0 aliphatic heterocycles. The number of nitrogens with zero attached hydrogens (tertiary/aromatic N) is 1. The van der Waals surface area contributed by atoms with Gasteiger partial charge in [0.2, 0.25) is 0 Å². The number of rotatable bonds is 6. The van der Waals surface area contributed by atoms with E-state index in [9.17, 15) is 4.79 Å². The highest BCUT2D eigenvalue weighted by molar-refractivity contribution is 5.39. The maximum Gasteiger partial charge on any atom is 0.266 e. The number of anilines is 1. The van der Waals surface area contributed by atoms with Crippen LogP contribution >= 0.6 is 0 Å². The van der Waals surface area contributed by atoms with Crippen molar-refractivity contribution in [2.75, 3.05) is 25.6 Å². The largest absolute Gasteiger partial charge is 0.385 e. The van der Waals surface area contributed by atoms with Crippen molar-refractivity contribution in [1.82, 2.24) is 10.2 Å². The second-order valence-corrected chi connectivity index (χ2v) is 4.43. The zero-order valence-corrected chi connectivity index (χ0v) is 9.45. The minimum atomic E-state index is -0.174. The molecule has 1 aliphatic carbocycles. The molecule has 0 radical (unpaired) electrons. The molecule has 5 nitrogen and oxygen atoms in total. The average molecular weight is 223 g/mol. The van der Waals surface area contributed by atoms with Crippen molar-refractivity contribution in [2.45, 2.75) is 19.3 Å². The lowest BCUT2D eigenvalue weighted by molar-refractivity contribution is 0.175. The number of H-pyrrole nitrogens is 1. The quantitative estimate of drug-likeness (QED) is 0.755. The molecule has 1 aromatic rings. The minimum absolute atomic E-state index is 0.174. The lowest BCUT2D eigenvalue weighted by atomic mass is 10.0. The van der Waals surface area contributed by atoms with E-state index in [1.165, 1.54) is 18.9 Å². The molecule has 1 saturated carbocycles. The van der Waals surface area contributed by atoms with Gasteiger partial charge in [-0.2, -0.15) is 5.10 Å². The van der Waals surface area contributed by atoms with Crippen LogP contribution in [0.25, 0.3) is 0 Å². The van der Waals surface area contributed by atoms with Crippen LogP contribution in [0.4, 0.5) is 5.69 Å². The van der Waals surface area contributed by atoms with Gasteiger partial charge in [-0.05, 0) is 24.7 Å². The van der Waals surface area contributed by atoms with E-state index >= 15 is 0 Å². The number of hydrogen-bond acceptors (Lipinski definition) is 4. The van der Waals surface area contributed by atoms with Gasteiger partial charge in [-0.25, -0.2) is 5.10 Å². The summed E-state index contributed by atoms with van der Waals surface area (Å²) in [5.41, 5.74) is 0.984. The number of hydrogen-bond donors (Lipinski definition) is 2. The van der Waals surface area contributed by atoms with Gasteiger partial charge in [0.1, 0.15) is 0 Å². The molecule has 2 N–H and O–H groups in total. The van der Waals surface area contributed by atoms with Gasteiger partial charge in [-0.1, -0.05) is 0 Å². The summed E-state index contributed by atoms with van der Waals surface area (Å²) >= 11 is 0. The fraction of sp³-hybridized carbons (Fsp3) is 0.636. The molecule has 0 amide bonds. The molecule has 0 atom stereocenters. The Morgan fingerprint density at radius 1 is 1.62 bits per heavy atom. The minimum Gasteiger partial charge on any atom is -0.385 e. The molecule has 2 rings (SSSR count). The number of aromatic amines is 1. The first-order valence-electron chi connectivity index (χ1n) is 5.52. The predicted molar refractivity (Wildman–Crippen MR) is 61.5 cm³/mol. The summed E-state index contributed by atoms with van der Waals surface area (Å²) in [6, 6.07) is 1.53. The van der Waals surface area contributed by atoms with Crippen LogP contribution in [0.3, 0.4) is 0 Å². The molecule has 0 unspecified atom stereocenters. The first kappa shape index (κ1) is 11.1. The molecule has 0 aromatic carbocycles. The van der Waals surface area contributed by atoms with Crippen molar-refractivity contribution in [1.29, 1.82) is 0 Å². The molecule has 88 valence electrons. The zero-order valence-electron chi connectivity index (χ0n) is 9.45. The van der Waals surface area contributed by atoms with Crippen LogP contribution in [0.2, 0.25) is 0 Å². The maximum absolute atomic E-state index is 11.0. The van der Waals surface area contributed by atoms with Crippen LogP contribution in [0.15, 0.2) is 17.1 Å². The Morgan fingerprint density at radius 3 is 3.06 bits per heavy atom. The SMILES string of the molecule is COCCC1(CNc2cn[nH]c(=O)c2)CC1. The van der Waals surface area contributed by atoms with Gasteiger partial charge < -0.3 is 10.1 Å². The average Bonchev–Trinajstić information content (AvgIpc) is 3.05. The Balaban J connectivity index is 1.85. The van der Waals surface area contributed by atoms with E-state index in [-0.39, 0.29) is 5.56 Å². The highest BCUT2D eigenvalue weighted by Crippen LogP contribution is 2.48. The Hall–Kier alpha value is -1.36. The molecule has 0 spiro atoms. The monoisotopic (exact) mass is 223 g/mol. The fourth-order valence-electron chi connectivity index (χ4n) is 1.77. The van der Waals surface area contributed by atoms with Crippen molar-refractivity contribution in [3.8, 4) is 0 Å². The van der Waals surface area contributed by atoms with Gasteiger partial charge in [-0.15, -0.1) is 0 Å². The van der Waals surface area contributed by atoms with Crippen LogP contribution in [0, 0.1) is 5.41 Å². The Labute approximate surface area is 94.2 Å². The lowest BCUT2D eigenvalue weighted by Crippen LogP contribution is -2.18. The van der Waals surface area contributed by atoms with Gasteiger partial charge in [0.15, 0.2) is 0 Å². The Kier molecular flexibility index (Phi) is 3.24. The van der Waals surface area contributed by atoms with Crippen LogP contribution in [0.1, 0.15) is 19.3 Å². The molecule has 1 fully saturated rings. The third-order valence-electron chi connectivity index (χ3n) is 3.13. The zero-order chi connectivity index (χ0) is 11.4. The van der Waals surface area contributed by atoms with E-state index in [0.717, 1.165) is 25.3 Å². The van der Waals surface area contributed by atoms with E-state index in [4.69, 9.17) is 4.74 Å². The van der Waals surface area contributed by atoms with E-state index in [1.54, 1.807) is 13.3 Å². The molecule has 1 aromatic heterocycles. The van der Waals surface area contributed by atoms with Gasteiger partial charge in [-0.3, -0.25) is 4.79 Å². The van der Waals surface area contributed by atoms with E-state index < -0.39 is 0 Å². The highest BCUT2D eigenvalue weighted by Gasteiger charge is 2.41. The lowest BCUT2D eigenvalue weighted by Gasteiger charge is -2.15. The van der Waals surface area contributed by atoms with Crippen molar-refractivity contribution >= 4 is 5.69 Å². The Bertz CT molecular complexity index is 398. The highest BCUT2D eigenvalue weighted by atomic mass is 16.5. The maximum atomic E-state index is 11.0. The van der Waals surface area contributed by atoms with Crippen LogP contribution < -0.4 is 10.9 Å². The van der Waals surface area contributed by atoms with E-state index in [1.807, 2.05) is 0 Å². The molecule has 5 heteroatoms. The standard InChI is InChI=1S/C11H17N3O2/c1-16-5-4-11(2-3-11)8-12-9-6-10(15)14-13-7-9/h6-7H,2-5,8H2,1H3,(H2,12,14,15). The fourth-order valence-corrected chi connectivity index (χ4v) is 1.77. The van der Waals surface area contributed by atoms with Crippen LogP contribution in [-0.2, 0) is 4.74 Å². The predicted octanol–water partition coefficient (Wildman–Crippen LogP) is 0.998. The van der Waals surface area contributed by atoms with Gasteiger partial charge in [0.25, 0.3) is 5.56 Å². The molecule has 16 heavy (non-hydrogen) atoms. The third kappa shape index (κ3) is 2.82. The summed E-state index contributed by atoms with van der Waals surface area (Å²) in [5, 5.41) is 9.36. The van der Waals surface area contributed by atoms with Crippen molar-refractivity contribution < 1.29 is 4.74 Å². The van der Waals surface area contributed by atoms with E-state index in [2.05, 4.69) is 15.5 Å². The molecule has 0 saturated heterocycles. The summed E-state index contributed by atoms with van der Waals surface area (Å²) in [7, 11) is 1.73. The summed E-state index contributed by atoms with van der Waals surface area (Å²) < 4.78 is 5.09. The molecule has 1 aliphatic rings. The molecular formula is C11H17N3O2. The van der Waals surface area contributed by atoms with Crippen LogP contribution in [0.5, 0.6) is 0 Å². The summed E-state index contributed by atoms with van der Waals surface area (Å²) in [6.45, 7) is 1.69. The summed E-state index contributed by atoms with van der Waals surface area (Å²) in [6.07, 6.45) is 5.18. The number of aromatic nitrogens is 2. The van der Waals surface area contributed by atoms with Crippen LogP contribution in [-0.4, -0.2) is 30.5 Å². The summed E-state index contributed by atoms with van der Waals surface area (Å²) in [5.74, 6) is 0. The van der Waals surface area contributed by atoms with Gasteiger partial charge in [0, 0.05) is 26.3 Å². The van der Waals surface area contributed by atoms with Gasteiger partial charge >= 0.3 is 0 Å². The number of nitrogens with one attached hydrogen (secondary N) is 2. The second-order valence-electron chi connectivity index (χ2n) is 4.43. The van der Waals surface area contributed by atoms with Crippen molar-refractivity contribution in [2.24, 2.45) is 5.41 Å². The Morgan fingerprint density at radius 2 is 2.44 bits per heavy atom. The smallest absolute Gasteiger partial charge is 0.266 e. The molecule has 1 heterocycles.